The van der Waals surface area contributed by atoms with Gasteiger partial charge in [-0.3, -0.25) is 4.79 Å². The van der Waals surface area contributed by atoms with Crippen LogP contribution in [0.2, 0.25) is 0 Å². The normalized spacial score (nSPS) is 13.2. The highest BCUT2D eigenvalue weighted by Crippen LogP contribution is 2.44. The van der Waals surface area contributed by atoms with Crippen LogP contribution in [0.3, 0.4) is 0 Å². The first-order valence-corrected chi connectivity index (χ1v) is 9.73. The van der Waals surface area contributed by atoms with Crippen LogP contribution in [-0.2, 0) is 9.53 Å². The number of hydrogen-bond acceptors (Lipinski definition) is 3. The van der Waals surface area contributed by atoms with Crippen LogP contribution >= 0.6 is 0 Å². The molecule has 1 aliphatic carbocycles. The number of benzene rings is 3. The van der Waals surface area contributed by atoms with Crippen LogP contribution in [0.5, 0.6) is 0 Å². The van der Waals surface area contributed by atoms with Gasteiger partial charge in [0.05, 0.1) is 12.5 Å². The zero-order valence-corrected chi connectivity index (χ0v) is 16.3. The van der Waals surface area contributed by atoms with Crippen LogP contribution in [0.4, 0.5) is 13.6 Å². The smallest absolute Gasteiger partial charge is 0.407 e. The van der Waals surface area contributed by atoms with Crippen LogP contribution in [-0.4, -0.2) is 23.8 Å². The van der Waals surface area contributed by atoms with E-state index < -0.39 is 41.7 Å². The predicted octanol–water partition coefficient (Wildman–Crippen LogP) is 5.02. The van der Waals surface area contributed by atoms with Crippen molar-refractivity contribution in [2.45, 2.75) is 18.4 Å². The Bertz CT molecular complexity index is 1080. The van der Waals surface area contributed by atoms with Gasteiger partial charge in [0, 0.05) is 11.5 Å². The molecule has 1 aliphatic rings. The lowest BCUT2D eigenvalue weighted by atomic mass is 9.98. The molecule has 0 unspecified atom stereocenters. The van der Waals surface area contributed by atoms with E-state index in [1.165, 1.54) is 6.07 Å². The maximum Gasteiger partial charge on any atom is 0.407 e. The number of carbonyl (C=O) groups excluding carboxylic acids is 1. The van der Waals surface area contributed by atoms with Gasteiger partial charge in [-0.15, -0.1) is 0 Å². The molecule has 0 bridgehead atoms. The number of carbonyl (C=O) groups is 2. The summed E-state index contributed by atoms with van der Waals surface area (Å²) in [6.07, 6.45) is -1.64. The summed E-state index contributed by atoms with van der Waals surface area (Å²) in [7, 11) is 0. The highest BCUT2D eigenvalue weighted by molar-refractivity contribution is 5.79. The molecule has 7 heteroatoms. The molecule has 1 atom stereocenters. The molecule has 3 aromatic rings. The van der Waals surface area contributed by atoms with E-state index in [1.54, 1.807) is 0 Å². The van der Waals surface area contributed by atoms with Crippen molar-refractivity contribution in [2.75, 3.05) is 6.61 Å². The van der Waals surface area contributed by atoms with E-state index in [9.17, 15) is 18.4 Å². The summed E-state index contributed by atoms with van der Waals surface area (Å²) in [5, 5.41) is 11.4. The van der Waals surface area contributed by atoms with Gasteiger partial charge in [0.15, 0.2) is 0 Å². The van der Waals surface area contributed by atoms with Crippen molar-refractivity contribution in [1.29, 1.82) is 0 Å². The molecule has 0 radical (unpaired) electrons. The van der Waals surface area contributed by atoms with Gasteiger partial charge in [-0.2, -0.15) is 0 Å². The molecule has 4 rings (SSSR count). The van der Waals surface area contributed by atoms with Crippen LogP contribution in [0.15, 0.2) is 66.7 Å². The number of ether oxygens (including phenoxy) is 1. The molecule has 2 N–H and O–H groups in total. The zero-order valence-electron chi connectivity index (χ0n) is 16.3. The second-order valence-electron chi connectivity index (χ2n) is 7.26. The molecule has 5 nitrogen and oxygen atoms in total. The van der Waals surface area contributed by atoms with Gasteiger partial charge < -0.3 is 15.2 Å². The first kappa shape index (κ1) is 20.5. The number of aliphatic carboxylic acids is 1. The van der Waals surface area contributed by atoms with Gasteiger partial charge >= 0.3 is 12.1 Å². The molecule has 0 aliphatic heterocycles. The Morgan fingerprint density at radius 1 is 0.903 bits per heavy atom. The summed E-state index contributed by atoms with van der Waals surface area (Å²) in [6.45, 7) is -0.000590. The van der Waals surface area contributed by atoms with E-state index in [1.807, 2.05) is 48.5 Å². The summed E-state index contributed by atoms with van der Waals surface area (Å²) in [4.78, 5) is 23.6. The van der Waals surface area contributed by atoms with E-state index in [4.69, 9.17) is 9.84 Å². The van der Waals surface area contributed by atoms with Crippen molar-refractivity contribution >= 4 is 12.1 Å². The summed E-state index contributed by atoms with van der Waals surface area (Å²) in [5.74, 6) is -3.39. The summed E-state index contributed by atoms with van der Waals surface area (Å²) < 4.78 is 33.6. The van der Waals surface area contributed by atoms with Crippen LogP contribution in [0, 0.1) is 11.6 Å². The van der Waals surface area contributed by atoms with Gasteiger partial charge in [-0.1, -0.05) is 54.6 Å². The Morgan fingerprint density at radius 3 is 2.00 bits per heavy atom. The van der Waals surface area contributed by atoms with E-state index in [0.717, 1.165) is 34.4 Å². The molecule has 3 aromatic carbocycles. The first-order chi connectivity index (χ1) is 15.0. The van der Waals surface area contributed by atoms with Crippen LogP contribution < -0.4 is 5.32 Å². The standard InChI is InChI=1S/C24H19F2NO4/c25-19-10-5-11-20(26)23(19)21(12-22(28)29)27-24(30)31-13-18-16-8-3-1-6-14(16)15-7-2-4-9-17(15)18/h1-11,18,21H,12-13H2,(H,27,30)(H,28,29)/t21-/m1/s1. The first-order valence-electron chi connectivity index (χ1n) is 9.73. The van der Waals surface area contributed by atoms with Crippen molar-refractivity contribution in [3.8, 4) is 11.1 Å². The second-order valence-corrected chi connectivity index (χ2v) is 7.26. The fourth-order valence-corrected chi connectivity index (χ4v) is 4.03. The van der Waals surface area contributed by atoms with Crippen molar-refractivity contribution in [2.24, 2.45) is 0 Å². The highest BCUT2D eigenvalue weighted by Gasteiger charge is 2.30. The highest BCUT2D eigenvalue weighted by atomic mass is 19.1. The molecular weight excluding hydrogens is 404 g/mol. The molecule has 0 spiro atoms. The molecule has 31 heavy (non-hydrogen) atoms. The maximum absolute atomic E-state index is 14.1. The van der Waals surface area contributed by atoms with Gasteiger partial charge in [0.25, 0.3) is 0 Å². The van der Waals surface area contributed by atoms with E-state index in [2.05, 4.69) is 5.32 Å². The Balaban J connectivity index is 1.51. The monoisotopic (exact) mass is 423 g/mol. The number of carboxylic acid groups (broad SMARTS) is 1. The molecule has 0 saturated heterocycles. The maximum atomic E-state index is 14.1. The Labute approximate surface area is 177 Å². The number of amides is 1. The minimum atomic E-state index is -1.41. The Kier molecular flexibility index (Phi) is 5.66. The SMILES string of the molecule is O=C(O)C[C@@H](NC(=O)OCC1c2ccccc2-c2ccccc21)c1c(F)cccc1F. The zero-order chi connectivity index (χ0) is 22.0. The van der Waals surface area contributed by atoms with Crippen molar-refractivity contribution < 1.29 is 28.2 Å². The molecular formula is C24H19F2NO4. The van der Waals surface area contributed by atoms with Gasteiger partial charge in [0.2, 0.25) is 0 Å². The molecule has 158 valence electrons. The number of rotatable bonds is 6. The lowest BCUT2D eigenvalue weighted by Gasteiger charge is -2.20. The third kappa shape index (κ3) is 4.12. The van der Waals surface area contributed by atoms with Crippen molar-refractivity contribution in [3.05, 3.63) is 95.1 Å². The molecule has 0 saturated carbocycles. The predicted molar refractivity (Wildman–Crippen MR) is 110 cm³/mol. The minimum Gasteiger partial charge on any atom is -0.481 e. The number of carboxylic acids is 1. The number of hydrogen-bond donors (Lipinski definition) is 2. The largest absolute Gasteiger partial charge is 0.481 e. The third-order valence-electron chi connectivity index (χ3n) is 5.36. The number of alkyl carbamates (subject to hydrolysis) is 1. The average molecular weight is 423 g/mol. The van der Waals surface area contributed by atoms with Gasteiger partial charge in [0.1, 0.15) is 18.2 Å². The van der Waals surface area contributed by atoms with Crippen LogP contribution in [0.25, 0.3) is 11.1 Å². The van der Waals surface area contributed by atoms with Gasteiger partial charge in [-0.25, -0.2) is 13.6 Å². The Morgan fingerprint density at radius 2 is 1.45 bits per heavy atom. The molecule has 0 heterocycles. The lowest BCUT2D eigenvalue weighted by Crippen LogP contribution is -2.32. The average Bonchev–Trinajstić information content (AvgIpc) is 3.05. The summed E-state index contributed by atoms with van der Waals surface area (Å²) in [5.41, 5.74) is 3.63. The number of nitrogens with one attached hydrogen (secondary N) is 1. The van der Waals surface area contributed by atoms with Crippen molar-refractivity contribution in [1.82, 2.24) is 5.32 Å². The molecule has 0 fully saturated rings. The quantitative estimate of drug-likeness (QED) is 0.584. The fraction of sp³-hybridized carbons (Fsp3) is 0.167. The number of halogens is 2. The fourth-order valence-electron chi connectivity index (χ4n) is 4.03. The van der Waals surface area contributed by atoms with Crippen LogP contribution in [0.1, 0.15) is 35.1 Å². The van der Waals surface area contributed by atoms with E-state index >= 15 is 0 Å². The third-order valence-corrected chi connectivity index (χ3v) is 5.36. The summed E-state index contributed by atoms with van der Waals surface area (Å²) in [6, 6.07) is 17.4. The summed E-state index contributed by atoms with van der Waals surface area (Å²) >= 11 is 0. The number of fused-ring (bicyclic) bond motifs is 3. The topological polar surface area (TPSA) is 75.6 Å². The Hall–Kier alpha value is -3.74. The lowest BCUT2D eigenvalue weighted by molar-refractivity contribution is -0.137. The minimum absolute atomic E-state index is 0.000590. The molecule has 1 amide bonds. The van der Waals surface area contributed by atoms with E-state index in [0.29, 0.717) is 0 Å². The van der Waals surface area contributed by atoms with E-state index in [-0.39, 0.29) is 12.5 Å². The second kappa shape index (κ2) is 8.55. The molecule has 0 aromatic heterocycles. The van der Waals surface area contributed by atoms with Gasteiger partial charge in [-0.05, 0) is 34.4 Å². The van der Waals surface area contributed by atoms with Crippen molar-refractivity contribution in [3.63, 3.8) is 0 Å².